The topological polar surface area (TPSA) is 26.0 Å². The van der Waals surface area contributed by atoms with Gasteiger partial charge in [-0.25, -0.2) is 8.78 Å². The Morgan fingerprint density at radius 3 is 2.07 bits per heavy atom. The Kier molecular flexibility index (Phi) is 5.02. The Morgan fingerprint density at radius 1 is 1.21 bits per heavy atom. The Hall–Kier alpha value is -0.670. The molecule has 0 saturated heterocycles. The van der Waals surface area contributed by atoms with Crippen LogP contribution in [0.2, 0.25) is 0 Å². The van der Waals surface area contributed by atoms with Gasteiger partial charge in [0.2, 0.25) is 0 Å². The third-order valence-corrected chi connectivity index (χ3v) is 1.89. The maximum atomic E-state index is 12.7. The highest BCUT2D eigenvalue weighted by Gasteiger charge is 2.23. The van der Waals surface area contributed by atoms with E-state index < -0.39 is 5.92 Å². The van der Waals surface area contributed by atoms with Crippen molar-refractivity contribution in [2.75, 3.05) is 6.54 Å². The molecule has 2 N–H and O–H groups in total. The second kappa shape index (κ2) is 5.27. The molecule has 0 aromatic heterocycles. The fourth-order valence-electron chi connectivity index (χ4n) is 1.13. The van der Waals surface area contributed by atoms with Crippen LogP contribution in [0.1, 0.15) is 18.1 Å². The molecule has 0 saturated carbocycles. The zero-order valence-electron chi connectivity index (χ0n) is 7.97. The molecule has 0 aliphatic carbocycles. The van der Waals surface area contributed by atoms with Crippen LogP contribution in [0.4, 0.5) is 8.78 Å². The van der Waals surface area contributed by atoms with Gasteiger partial charge in [-0.3, -0.25) is 0 Å². The van der Waals surface area contributed by atoms with Crippen LogP contribution in [0.25, 0.3) is 0 Å². The molecule has 80 valence electrons. The predicted octanol–water partition coefficient (Wildman–Crippen LogP) is 2.72. The highest BCUT2D eigenvalue weighted by molar-refractivity contribution is 5.85. The average molecular weight is 222 g/mol. The highest BCUT2D eigenvalue weighted by Crippen LogP contribution is 2.26. The molecule has 0 unspecified atom stereocenters. The number of rotatable bonds is 3. The average Bonchev–Trinajstić information content (AvgIpc) is 2.04. The summed E-state index contributed by atoms with van der Waals surface area (Å²) in [5.74, 6) is -2.75. The number of benzene rings is 1. The molecule has 1 nitrogen and oxygen atoms in total. The van der Waals surface area contributed by atoms with E-state index in [4.69, 9.17) is 5.73 Å². The summed E-state index contributed by atoms with van der Waals surface area (Å²) in [4.78, 5) is 0. The Morgan fingerprint density at radius 2 is 1.71 bits per heavy atom. The standard InChI is InChI=1S/C10H13F2N.ClH/c1-10(11,12)9-4-2-8(3-5-9)6-7-13;/h2-5H,6-7,13H2,1H3;1H. The van der Waals surface area contributed by atoms with Gasteiger partial charge in [0, 0.05) is 12.5 Å². The third kappa shape index (κ3) is 3.60. The summed E-state index contributed by atoms with van der Waals surface area (Å²) in [6.07, 6.45) is 0.732. The quantitative estimate of drug-likeness (QED) is 0.835. The van der Waals surface area contributed by atoms with E-state index in [0.717, 1.165) is 18.9 Å². The second-order valence-corrected chi connectivity index (χ2v) is 3.12. The molecule has 0 aliphatic heterocycles. The first-order valence-corrected chi connectivity index (χ1v) is 4.21. The minimum Gasteiger partial charge on any atom is -0.330 e. The lowest BCUT2D eigenvalue weighted by Gasteiger charge is -2.10. The number of hydrogen-bond acceptors (Lipinski definition) is 1. The molecule has 4 heteroatoms. The van der Waals surface area contributed by atoms with E-state index in [0.29, 0.717) is 6.54 Å². The molecule has 0 atom stereocenters. The number of nitrogens with two attached hydrogens (primary N) is 1. The van der Waals surface area contributed by atoms with E-state index in [1.807, 2.05) is 0 Å². The van der Waals surface area contributed by atoms with E-state index in [1.54, 1.807) is 12.1 Å². The minimum absolute atomic E-state index is 0. The molecule has 1 rings (SSSR count). The smallest absolute Gasteiger partial charge is 0.270 e. The van der Waals surface area contributed by atoms with Gasteiger partial charge in [0.15, 0.2) is 0 Å². The molecule has 0 aliphatic rings. The van der Waals surface area contributed by atoms with Crippen LogP contribution < -0.4 is 5.73 Å². The zero-order chi connectivity index (χ0) is 9.90. The molecule has 14 heavy (non-hydrogen) atoms. The van der Waals surface area contributed by atoms with Crippen molar-refractivity contribution in [1.82, 2.24) is 0 Å². The summed E-state index contributed by atoms with van der Waals surface area (Å²) in [5, 5.41) is 0. The predicted molar refractivity (Wildman–Crippen MR) is 56.0 cm³/mol. The van der Waals surface area contributed by atoms with Crippen LogP contribution in [0.15, 0.2) is 24.3 Å². The lowest BCUT2D eigenvalue weighted by Crippen LogP contribution is -2.07. The van der Waals surface area contributed by atoms with Crippen LogP contribution in [-0.2, 0) is 12.3 Å². The lowest BCUT2D eigenvalue weighted by atomic mass is 10.1. The maximum absolute atomic E-state index is 12.7. The minimum atomic E-state index is -2.75. The molecule has 1 aromatic carbocycles. The van der Waals surface area contributed by atoms with Crippen LogP contribution in [-0.4, -0.2) is 6.54 Å². The van der Waals surface area contributed by atoms with E-state index in [1.165, 1.54) is 12.1 Å². The first-order valence-electron chi connectivity index (χ1n) is 4.21. The van der Waals surface area contributed by atoms with Crippen molar-refractivity contribution in [3.63, 3.8) is 0 Å². The number of halogens is 3. The van der Waals surface area contributed by atoms with Crippen molar-refractivity contribution in [2.24, 2.45) is 5.73 Å². The van der Waals surface area contributed by atoms with Gasteiger partial charge in [0.25, 0.3) is 5.92 Å². The zero-order valence-corrected chi connectivity index (χ0v) is 8.78. The van der Waals surface area contributed by atoms with Crippen LogP contribution in [0.5, 0.6) is 0 Å². The molecule has 0 fully saturated rings. The van der Waals surface area contributed by atoms with Gasteiger partial charge in [-0.15, -0.1) is 12.4 Å². The third-order valence-electron chi connectivity index (χ3n) is 1.89. The maximum Gasteiger partial charge on any atom is 0.270 e. The normalized spacial score (nSPS) is 10.9. The Balaban J connectivity index is 0.00000169. The second-order valence-electron chi connectivity index (χ2n) is 3.12. The van der Waals surface area contributed by atoms with Crippen LogP contribution in [0, 0.1) is 0 Å². The molecular formula is C10H14ClF2N. The van der Waals surface area contributed by atoms with Crippen molar-refractivity contribution < 1.29 is 8.78 Å². The van der Waals surface area contributed by atoms with Crippen molar-refractivity contribution in [3.8, 4) is 0 Å². The number of hydrogen-bond donors (Lipinski definition) is 1. The first kappa shape index (κ1) is 13.3. The van der Waals surface area contributed by atoms with Gasteiger partial charge in [0.1, 0.15) is 0 Å². The van der Waals surface area contributed by atoms with Gasteiger partial charge in [-0.2, -0.15) is 0 Å². The van der Waals surface area contributed by atoms with Crippen molar-refractivity contribution >= 4 is 12.4 Å². The Labute approximate surface area is 88.7 Å². The summed E-state index contributed by atoms with van der Waals surface area (Å²) in [7, 11) is 0. The number of alkyl halides is 2. The summed E-state index contributed by atoms with van der Waals surface area (Å²) >= 11 is 0. The fourth-order valence-corrected chi connectivity index (χ4v) is 1.13. The van der Waals surface area contributed by atoms with Crippen LogP contribution >= 0.6 is 12.4 Å². The van der Waals surface area contributed by atoms with Gasteiger partial charge in [-0.1, -0.05) is 24.3 Å². The van der Waals surface area contributed by atoms with Gasteiger partial charge < -0.3 is 5.73 Å². The SMILES string of the molecule is CC(F)(F)c1ccc(CCN)cc1.Cl. The van der Waals surface area contributed by atoms with Crippen molar-refractivity contribution in [1.29, 1.82) is 0 Å². The summed E-state index contributed by atoms with van der Waals surface area (Å²) in [6.45, 7) is 1.44. The van der Waals surface area contributed by atoms with E-state index in [2.05, 4.69) is 0 Å². The van der Waals surface area contributed by atoms with Crippen LogP contribution in [0.3, 0.4) is 0 Å². The van der Waals surface area contributed by atoms with Gasteiger partial charge in [-0.05, 0) is 18.5 Å². The van der Waals surface area contributed by atoms with E-state index in [-0.39, 0.29) is 18.0 Å². The largest absolute Gasteiger partial charge is 0.330 e. The molecular weight excluding hydrogens is 208 g/mol. The summed E-state index contributed by atoms with van der Waals surface area (Å²) < 4.78 is 25.5. The summed E-state index contributed by atoms with van der Waals surface area (Å²) in [5.41, 5.74) is 6.38. The lowest BCUT2D eigenvalue weighted by molar-refractivity contribution is 0.0174. The molecule has 0 radical (unpaired) electrons. The molecule has 1 aromatic rings. The molecule has 0 spiro atoms. The monoisotopic (exact) mass is 221 g/mol. The fraction of sp³-hybridized carbons (Fsp3) is 0.400. The first-order chi connectivity index (χ1) is 6.04. The molecule has 0 bridgehead atoms. The van der Waals surface area contributed by atoms with E-state index in [9.17, 15) is 8.78 Å². The Bertz CT molecular complexity index is 266. The molecule has 0 heterocycles. The van der Waals surface area contributed by atoms with Crippen molar-refractivity contribution in [2.45, 2.75) is 19.3 Å². The van der Waals surface area contributed by atoms with E-state index >= 15 is 0 Å². The molecule has 0 amide bonds. The van der Waals surface area contributed by atoms with Crippen molar-refractivity contribution in [3.05, 3.63) is 35.4 Å². The highest BCUT2D eigenvalue weighted by atomic mass is 35.5. The summed E-state index contributed by atoms with van der Waals surface area (Å²) in [6, 6.07) is 6.29. The van der Waals surface area contributed by atoms with Gasteiger partial charge in [0.05, 0.1) is 0 Å². The van der Waals surface area contributed by atoms with Gasteiger partial charge >= 0.3 is 0 Å².